The maximum atomic E-state index is 13.5. The second-order valence-corrected chi connectivity index (χ2v) is 17.2. The molecule has 1 aromatic heterocycles. The van der Waals surface area contributed by atoms with Gasteiger partial charge in [0.25, 0.3) is 0 Å². The van der Waals surface area contributed by atoms with E-state index in [0.29, 0.717) is 11.7 Å². The number of fused-ring (bicyclic) bond motifs is 8. The number of nitrogens with one attached hydrogen (secondary N) is 1. The maximum Gasteiger partial charge on any atom is 0.312 e. The van der Waals surface area contributed by atoms with Crippen molar-refractivity contribution in [2.75, 3.05) is 6.61 Å². The first-order chi connectivity index (χ1) is 24.0. The number of rotatable bonds is 5. The monoisotopic (exact) mass is 689 g/mol. The van der Waals surface area contributed by atoms with E-state index in [-0.39, 0.29) is 45.9 Å². The minimum Gasteiger partial charge on any atom is -0.452 e. The number of hydrogen-bond acceptors (Lipinski definition) is 6. The fourth-order valence-corrected chi connectivity index (χ4v) is 11.3. The summed E-state index contributed by atoms with van der Waals surface area (Å²) in [6.07, 6.45) is 16.6. The summed E-state index contributed by atoms with van der Waals surface area (Å²) in [4.78, 5) is 42.0. The Morgan fingerprint density at radius 3 is 2.35 bits per heavy atom. The number of para-hydroxylation sites is 1. The lowest BCUT2D eigenvalue weighted by molar-refractivity contribution is -0.180. The summed E-state index contributed by atoms with van der Waals surface area (Å²) in [5.74, 6) is 2.07. The van der Waals surface area contributed by atoms with E-state index < -0.39 is 17.4 Å². The van der Waals surface area contributed by atoms with Crippen molar-refractivity contribution < 1.29 is 28.6 Å². The summed E-state index contributed by atoms with van der Waals surface area (Å²) >= 11 is 0. The van der Waals surface area contributed by atoms with Gasteiger partial charge in [0.1, 0.15) is 0 Å². The van der Waals surface area contributed by atoms with E-state index in [1.165, 1.54) is 19.4 Å². The summed E-state index contributed by atoms with van der Waals surface area (Å²) in [5.41, 5.74) is 5.45. The number of aromatic amines is 1. The average Bonchev–Trinajstić information content (AvgIpc) is 3.51. The molecule has 7 rings (SSSR count). The number of aromatic nitrogens is 1. The third-order valence-electron chi connectivity index (χ3n) is 14.3. The van der Waals surface area contributed by atoms with Crippen molar-refractivity contribution in [3.8, 4) is 23.8 Å². The molecule has 2 aromatic carbocycles. The summed E-state index contributed by atoms with van der Waals surface area (Å²) in [6.45, 7) is 16.6. The molecule has 1 heterocycles. The van der Waals surface area contributed by atoms with Crippen LogP contribution < -0.4 is 9.47 Å². The molecule has 3 fully saturated rings. The molecular weight excluding hydrogens is 638 g/mol. The van der Waals surface area contributed by atoms with Crippen LogP contribution in [0.25, 0.3) is 10.9 Å². The molecular formula is C44H51NO6. The largest absolute Gasteiger partial charge is 0.452 e. The van der Waals surface area contributed by atoms with Gasteiger partial charge in [0.2, 0.25) is 0 Å². The number of allylic oxidation sites excluding steroid dienone is 2. The molecule has 0 amide bonds. The highest BCUT2D eigenvalue weighted by atomic mass is 16.6. The van der Waals surface area contributed by atoms with Crippen molar-refractivity contribution in [1.29, 1.82) is 0 Å². The van der Waals surface area contributed by atoms with Gasteiger partial charge in [-0.2, -0.15) is 0 Å². The molecule has 0 saturated heterocycles. The average molecular weight is 690 g/mol. The van der Waals surface area contributed by atoms with Gasteiger partial charge in [-0.05, 0) is 110 Å². The fourth-order valence-electron chi connectivity index (χ4n) is 11.3. The number of hydrogen-bond donors (Lipinski definition) is 1. The fraction of sp³-hybridized carbons (Fsp3) is 0.523. The Kier molecular flexibility index (Phi) is 8.17. The Balaban J connectivity index is 1.44. The third-order valence-corrected chi connectivity index (χ3v) is 14.3. The van der Waals surface area contributed by atoms with Gasteiger partial charge in [-0.1, -0.05) is 63.5 Å². The molecule has 0 radical (unpaired) electrons. The molecule has 51 heavy (non-hydrogen) atoms. The zero-order valence-corrected chi connectivity index (χ0v) is 31.4. The molecule has 7 heteroatoms. The lowest BCUT2D eigenvalue weighted by Crippen LogP contribution is -2.62. The molecule has 0 unspecified atom stereocenters. The zero-order valence-electron chi connectivity index (χ0n) is 31.4. The molecule has 268 valence electrons. The van der Waals surface area contributed by atoms with Crippen LogP contribution in [0.5, 0.6) is 11.5 Å². The zero-order chi connectivity index (χ0) is 36.7. The Labute approximate surface area is 301 Å². The Morgan fingerprint density at radius 1 is 0.941 bits per heavy atom. The van der Waals surface area contributed by atoms with E-state index in [1.54, 1.807) is 0 Å². The van der Waals surface area contributed by atoms with Crippen LogP contribution in [0, 0.1) is 46.8 Å². The van der Waals surface area contributed by atoms with E-state index in [2.05, 4.69) is 76.0 Å². The summed E-state index contributed by atoms with van der Waals surface area (Å²) in [7, 11) is 0. The highest BCUT2D eigenvalue weighted by molar-refractivity contribution is 5.86. The Hall–Kier alpha value is -4.31. The van der Waals surface area contributed by atoms with Crippen molar-refractivity contribution in [3.63, 3.8) is 0 Å². The van der Waals surface area contributed by atoms with E-state index in [4.69, 9.17) is 20.6 Å². The van der Waals surface area contributed by atoms with Crippen LogP contribution in [-0.4, -0.2) is 29.5 Å². The predicted molar refractivity (Wildman–Crippen MR) is 197 cm³/mol. The van der Waals surface area contributed by atoms with Crippen molar-refractivity contribution in [2.24, 2.45) is 27.6 Å². The summed E-state index contributed by atoms with van der Waals surface area (Å²) in [6, 6.07) is 10.3. The van der Waals surface area contributed by atoms with Crippen LogP contribution >= 0.6 is 0 Å². The topological polar surface area (TPSA) is 94.7 Å². The second kappa shape index (κ2) is 11.9. The van der Waals surface area contributed by atoms with Crippen LogP contribution in [0.1, 0.15) is 122 Å². The van der Waals surface area contributed by atoms with Gasteiger partial charge < -0.3 is 19.2 Å². The maximum absolute atomic E-state index is 13.5. The van der Waals surface area contributed by atoms with Gasteiger partial charge in [-0.3, -0.25) is 14.4 Å². The number of carbonyl (C=O) groups is 3. The SMILES string of the molecule is C#CCOC(=O)[C@]1(C)CC[C@]2(C)CC[C@]3(C)C4=C[C@@H](c5c[nH]c6ccccc56)c5c(cc(OC(C)=O)c(OC(C)=O)c5C)[C@]4(C)CC[C@@]3(C)[C@@H]2C1. The van der Waals surface area contributed by atoms with E-state index in [1.807, 2.05) is 19.1 Å². The highest BCUT2D eigenvalue weighted by Gasteiger charge is 2.67. The molecule has 1 N–H and O–H groups in total. The molecule has 7 atom stereocenters. The molecule has 4 aliphatic rings. The lowest BCUT2D eigenvalue weighted by atomic mass is 9.34. The van der Waals surface area contributed by atoms with Crippen LogP contribution in [-0.2, 0) is 24.5 Å². The lowest BCUT2D eigenvalue weighted by Gasteiger charge is -2.70. The van der Waals surface area contributed by atoms with Crippen molar-refractivity contribution >= 4 is 28.8 Å². The number of carbonyl (C=O) groups excluding carboxylic acids is 3. The Bertz CT molecular complexity index is 2050. The molecule has 7 nitrogen and oxygen atoms in total. The molecule has 4 aliphatic carbocycles. The minimum atomic E-state index is -0.591. The number of benzene rings is 2. The van der Waals surface area contributed by atoms with Crippen LogP contribution in [0.2, 0.25) is 0 Å². The summed E-state index contributed by atoms with van der Waals surface area (Å²) in [5, 5.41) is 1.14. The van der Waals surface area contributed by atoms with Gasteiger partial charge in [-0.25, -0.2) is 0 Å². The smallest absolute Gasteiger partial charge is 0.312 e. The summed E-state index contributed by atoms with van der Waals surface area (Å²) < 4.78 is 17.3. The van der Waals surface area contributed by atoms with Gasteiger partial charge in [0, 0.05) is 47.8 Å². The van der Waals surface area contributed by atoms with Crippen molar-refractivity contribution in [2.45, 2.75) is 112 Å². The van der Waals surface area contributed by atoms with Gasteiger partial charge in [0.15, 0.2) is 18.1 Å². The van der Waals surface area contributed by atoms with E-state index in [9.17, 15) is 14.4 Å². The predicted octanol–water partition coefficient (Wildman–Crippen LogP) is 9.25. The van der Waals surface area contributed by atoms with Gasteiger partial charge in [-0.15, -0.1) is 6.42 Å². The van der Waals surface area contributed by atoms with Crippen LogP contribution in [0.15, 0.2) is 48.2 Å². The molecule has 0 aliphatic heterocycles. The standard InChI is InChI=1S/C44H51NO6/c1-10-21-49-39(48)41(6)16-15-40(5)17-19-43(8)35-22-30(31-25-45-33-14-12-11-13-29(31)33)37-26(2)38(51-28(4)47)34(50-27(3)46)23-32(37)42(35,7)18-20-44(43,9)36(40)24-41/h1,11-14,22-23,25,30,36,45H,15-21,24H2,2-9H3/t30-,36+,40+,41+,42-,43+,44-/m0/s1. The van der Waals surface area contributed by atoms with E-state index >= 15 is 0 Å². The molecule has 3 saturated carbocycles. The number of esters is 3. The minimum absolute atomic E-state index is 0.000859. The molecule has 0 spiro atoms. The van der Waals surface area contributed by atoms with Crippen molar-refractivity contribution in [1.82, 2.24) is 4.98 Å². The Morgan fingerprint density at radius 2 is 1.65 bits per heavy atom. The first kappa shape index (κ1) is 35.1. The van der Waals surface area contributed by atoms with E-state index in [0.717, 1.165) is 78.1 Å². The van der Waals surface area contributed by atoms with Crippen molar-refractivity contribution in [3.05, 3.63) is 70.4 Å². The second-order valence-electron chi connectivity index (χ2n) is 17.2. The normalized spacial score (nSPS) is 33.7. The number of H-pyrrole nitrogens is 1. The first-order valence-corrected chi connectivity index (χ1v) is 18.5. The molecule has 3 aromatic rings. The number of ether oxygens (including phenoxy) is 3. The van der Waals surface area contributed by atoms with Crippen LogP contribution in [0.4, 0.5) is 0 Å². The van der Waals surface area contributed by atoms with Gasteiger partial charge in [0.05, 0.1) is 5.41 Å². The van der Waals surface area contributed by atoms with Gasteiger partial charge >= 0.3 is 17.9 Å². The number of terminal acetylenes is 1. The quantitative estimate of drug-likeness (QED) is 0.124. The first-order valence-electron chi connectivity index (χ1n) is 18.5. The highest BCUT2D eigenvalue weighted by Crippen LogP contribution is 2.75. The van der Waals surface area contributed by atoms with Crippen LogP contribution in [0.3, 0.4) is 0 Å². The third kappa shape index (κ3) is 5.11. The molecule has 0 bridgehead atoms.